The molecule has 0 atom stereocenters. The lowest BCUT2D eigenvalue weighted by atomic mass is 10.1. The summed E-state index contributed by atoms with van der Waals surface area (Å²) >= 11 is 0. The van der Waals surface area contributed by atoms with Gasteiger partial charge in [-0.15, -0.1) is 0 Å². The standard InChI is InChI=1S/C16H18N2O4/c1-10-5-6-16(14(7-10)18(20)21)22-9-15(19)13-8-11(2)17(4)12(13)3/h5-8H,9H2,1-4H3. The number of carbonyl (C=O) groups excluding carboxylic acids is 1. The molecule has 0 spiro atoms. The molecule has 22 heavy (non-hydrogen) atoms. The number of nitro groups is 1. The summed E-state index contributed by atoms with van der Waals surface area (Å²) in [4.78, 5) is 22.8. The predicted octanol–water partition coefficient (Wildman–Crippen LogP) is 3.12. The molecule has 0 aliphatic carbocycles. The highest BCUT2D eigenvalue weighted by molar-refractivity contribution is 5.98. The second kappa shape index (κ2) is 6.01. The molecule has 0 radical (unpaired) electrons. The minimum Gasteiger partial charge on any atom is -0.478 e. The van der Waals surface area contributed by atoms with Gasteiger partial charge in [-0.1, -0.05) is 6.07 Å². The van der Waals surface area contributed by atoms with Crippen LogP contribution in [0.25, 0.3) is 0 Å². The van der Waals surface area contributed by atoms with Crippen LogP contribution in [0.3, 0.4) is 0 Å². The molecule has 6 heteroatoms. The molecule has 116 valence electrons. The lowest BCUT2D eigenvalue weighted by Crippen LogP contribution is -2.13. The first-order valence-electron chi connectivity index (χ1n) is 6.85. The van der Waals surface area contributed by atoms with Gasteiger partial charge in [-0.25, -0.2) is 0 Å². The number of nitrogens with zero attached hydrogens (tertiary/aromatic N) is 2. The van der Waals surface area contributed by atoms with Gasteiger partial charge < -0.3 is 9.30 Å². The van der Waals surface area contributed by atoms with Crippen molar-refractivity contribution in [1.82, 2.24) is 4.57 Å². The van der Waals surface area contributed by atoms with Crippen molar-refractivity contribution in [3.05, 3.63) is 56.9 Å². The topological polar surface area (TPSA) is 74.4 Å². The molecule has 0 aliphatic rings. The van der Waals surface area contributed by atoms with Crippen LogP contribution in [0, 0.1) is 30.9 Å². The summed E-state index contributed by atoms with van der Waals surface area (Å²) in [5, 5.41) is 11.0. The van der Waals surface area contributed by atoms with Crippen LogP contribution in [0.1, 0.15) is 27.3 Å². The Morgan fingerprint density at radius 3 is 2.50 bits per heavy atom. The van der Waals surface area contributed by atoms with Crippen molar-refractivity contribution in [2.45, 2.75) is 20.8 Å². The number of benzene rings is 1. The van der Waals surface area contributed by atoms with Crippen LogP contribution >= 0.6 is 0 Å². The highest BCUT2D eigenvalue weighted by Crippen LogP contribution is 2.28. The Hall–Kier alpha value is -2.63. The number of hydrogen-bond acceptors (Lipinski definition) is 4. The third kappa shape index (κ3) is 3.00. The summed E-state index contributed by atoms with van der Waals surface area (Å²) in [6.07, 6.45) is 0. The molecule has 0 bridgehead atoms. The van der Waals surface area contributed by atoms with Crippen molar-refractivity contribution in [2.24, 2.45) is 7.05 Å². The molecule has 1 aromatic carbocycles. The minimum atomic E-state index is -0.509. The number of hydrogen-bond donors (Lipinski definition) is 0. The molecule has 1 aromatic heterocycles. The lowest BCUT2D eigenvalue weighted by Gasteiger charge is -2.07. The number of nitro benzene ring substituents is 1. The van der Waals surface area contributed by atoms with Gasteiger partial charge in [-0.2, -0.15) is 0 Å². The Bertz CT molecular complexity index is 747. The highest BCUT2D eigenvalue weighted by atomic mass is 16.6. The largest absolute Gasteiger partial charge is 0.478 e. The number of Topliss-reactive ketones (excluding diaryl/α,β-unsaturated/α-hetero) is 1. The molecule has 2 rings (SSSR count). The fourth-order valence-electron chi connectivity index (χ4n) is 2.25. The maximum atomic E-state index is 12.2. The number of ketones is 1. The zero-order chi connectivity index (χ0) is 16.4. The van der Waals surface area contributed by atoms with Crippen LogP contribution in [-0.4, -0.2) is 21.9 Å². The van der Waals surface area contributed by atoms with E-state index in [1.165, 1.54) is 12.1 Å². The van der Waals surface area contributed by atoms with Gasteiger partial charge in [0.15, 0.2) is 12.4 Å². The summed E-state index contributed by atoms with van der Waals surface area (Å²) in [5.41, 5.74) is 3.04. The predicted molar refractivity (Wildman–Crippen MR) is 82.5 cm³/mol. The fraction of sp³-hybridized carbons (Fsp3) is 0.312. The first-order chi connectivity index (χ1) is 10.3. The summed E-state index contributed by atoms with van der Waals surface area (Å²) in [6.45, 7) is 5.30. The minimum absolute atomic E-state index is 0.106. The first kappa shape index (κ1) is 15.8. The van der Waals surface area contributed by atoms with Crippen molar-refractivity contribution in [3.63, 3.8) is 0 Å². The van der Waals surface area contributed by atoms with Crippen molar-refractivity contribution < 1.29 is 14.5 Å². The molecule has 0 N–H and O–H groups in total. The van der Waals surface area contributed by atoms with E-state index >= 15 is 0 Å². The Balaban J connectivity index is 2.18. The van der Waals surface area contributed by atoms with E-state index < -0.39 is 4.92 Å². The van der Waals surface area contributed by atoms with Crippen molar-refractivity contribution >= 4 is 11.5 Å². The van der Waals surface area contributed by atoms with Crippen LogP contribution in [0.2, 0.25) is 0 Å². The Morgan fingerprint density at radius 1 is 1.27 bits per heavy atom. The second-order valence-electron chi connectivity index (χ2n) is 5.28. The molecular weight excluding hydrogens is 284 g/mol. The van der Waals surface area contributed by atoms with Crippen molar-refractivity contribution in [2.75, 3.05) is 6.61 Å². The molecule has 0 saturated heterocycles. The molecule has 0 fully saturated rings. The molecule has 0 saturated carbocycles. The van der Waals surface area contributed by atoms with Crippen molar-refractivity contribution in [3.8, 4) is 5.75 Å². The second-order valence-corrected chi connectivity index (χ2v) is 5.28. The van der Waals surface area contributed by atoms with Gasteiger partial charge in [0, 0.05) is 30.1 Å². The van der Waals surface area contributed by atoms with Gasteiger partial charge in [0.2, 0.25) is 5.78 Å². The van der Waals surface area contributed by atoms with Gasteiger partial charge in [0.25, 0.3) is 0 Å². The zero-order valence-corrected chi connectivity index (χ0v) is 13.0. The SMILES string of the molecule is Cc1ccc(OCC(=O)c2cc(C)n(C)c2C)c([N+](=O)[O-])c1. The van der Waals surface area contributed by atoms with Crippen LogP contribution in [0.15, 0.2) is 24.3 Å². The Kier molecular flexibility index (Phi) is 4.30. The number of aryl methyl sites for hydroxylation is 2. The van der Waals surface area contributed by atoms with E-state index in [2.05, 4.69) is 0 Å². The molecular formula is C16H18N2O4. The van der Waals surface area contributed by atoms with Crippen LogP contribution < -0.4 is 4.74 Å². The number of rotatable bonds is 5. The Morgan fingerprint density at radius 2 is 1.95 bits per heavy atom. The lowest BCUT2D eigenvalue weighted by molar-refractivity contribution is -0.385. The van der Waals surface area contributed by atoms with E-state index in [0.717, 1.165) is 17.0 Å². The maximum Gasteiger partial charge on any atom is 0.311 e. The monoisotopic (exact) mass is 302 g/mol. The third-order valence-corrected chi connectivity index (χ3v) is 3.75. The van der Waals surface area contributed by atoms with Crippen LogP contribution in [0.4, 0.5) is 5.69 Å². The van der Waals surface area contributed by atoms with E-state index in [9.17, 15) is 14.9 Å². The average molecular weight is 302 g/mol. The van der Waals surface area contributed by atoms with E-state index in [1.807, 2.05) is 25.5 Å². The highest BCUT2D eigenvalue weighted by Gasteiger charge is 2.18. The molecule has 0 aliphatic heterocycles. The van der Waals surface area contributed by atoms with E-state index in [1.54, 1.807) is 19.1 Å². The molecule has 0 amide bonds. The Labute approximate surface area is 128 Å². The van der Waals surface area contributed by atoms with Gasteiger partial charge in [-0.05, 0) is 38.5 Å². The maximum absolute atomic E-state index is 12.2. The first-order valence-corrected chi connectivity index (χ1v) is 6.85. The molecule has 1 heterocycles. The van der Waals surface area contributed by atoms with Gasteiger partial charge in [0.05, 0.1) is 4.92 Å². The number of carbonyl (C=O) groups is 1. The van der Waals surface area contributed by atoms with Gasteiger partial charge in [-0.3, -0.25) is 14.9 Å². The van der Waals surface area contributed by atoms with Crippen LogP contribution in [0.5, 0.6) is 5.75 Å². The summed E-state index contributed by atoms with van der Waals surface area (Å²) in [5.74, 6) is -0.0923. The molecule has 2 aromatic rings. The summed E-state index contributed by atoms with van der Waals surface area (Å²) in [7, 11) is 1.88. The van der Waals surface area contributed by atoms with Gasteiger partial charge >= 0.3 is 5.69 Å². The van der Waals surface area contributed by atoms with E-state index in [-0.39, 0.29) is 23.8 Å². The fourth-order valence-corrected chi connectivity index (χ4v) is 2.25. The van der Waals surface area contributed by atoms with E-state index in [0.29, 0.717) is 5.56 Å². The summed E-state index contributed by atoms with van der Waals surface area (Å²) in [6, 6.07) is 6.46. The molecule has 0 unspecified atom stereocenters. The third-order valence-electron chi connectivity index (χ3n) is 3.75. The normalized spacial score (nSPS) is 10.5. The zero-order valence-electron chi connectivity index (χ0n) is 13.0. The van der Waals surface area contributed by atoms with Crippen LogP contribution in [-0.2, 0) is 7.05 Å². The quantitative estimate of drug-likeness (QED) is 0.483. The number of ether oxygens (including phenoxy) is 1. The van der Waals surface area contributed by atoms with Crippen molar-refractivity contribution in [1.29, 1.82) is 0 Å². The van der Waals surface area contributed by atoms with E-state index in [4.69, 9.17) is 4.74 Å². The number of aromatic nitrogens is 1. The molecule has 6 nitrogen and oxygen atoms in total. The summed E-state index contributed by atoms with van der Waals surface area (Å²) < 4.78 is 7.29. The van der Waals surface area contributed by atoms with Gasteiger partial charge in [0.1, 0.15) is 0 Å². The smallest absolute Gasteiger partial charge is 0.311 e. The average Bonchev–Trinajstić information content (AvgIpc) is 2.73.